The van der Waals surface area contributed by atoms with Gasteiger partial charge in [0.2, 0.25) is 5.91 Å². The van der Waals surface area contributed by atoms with Gasteiger partial charge < -0.3 is 0 Å². The summed E-state index contributed by atoms with van der Waals surface area (Å²) in [6.07, 6.45) is -0.562. The van der Waals surface area contributed by atoms with Crippen LogP contribution in [0.2, 0.25) is 0 Å². The van der Waals surface area contributed by atoms with E-state index in [9.17, 15) is 22.8 Å². The van der Waals surface area contributed by atoms with Crippen LogP contribution in [0.1, 0.15) is 12.0 Å². The van der Waals surface area contributed by atoms with Gasteiger partial charge in [-0.3, -0.25) is 24.8 Å². The molecule has 0 radical (unpaired) electrons. The first-order valence-corrected chi connectivity index (χ1v) is 9.37. The smallest absolute Gasteiger partial charge is 0.297 e. The quantitative estimate of drug-likeness (QED) is 0.826. The van der Waals surface area contributed by atoms with Gasteiger partial charge in [-0.25, -0.2) is 9.31 Å². The number of urea groups is 1. The van der Waals surface area contributed by atoms with Crippen molar-refractivity contribution in [2.45, 2.75) is 19.1 Å². The average Bonchev–Trinajstić information content (AvgIpc) is 3.05. The van der Waals surface area contributed by atoms with Gasteiger partial charge in [0.15, 0.2) is 0 Å². The van der Waals surface area contributed by atoms with E-state index in [1.54, 1.807) is 16.9 Å². The molecule has 8 nitrogen and oxygen atoms in total. The molecule has 2 aliphatic heterocycles. The van der Waals surface area contributed by atoms with Crippen LogP contribution in [0.4, 0.5) is 23.7 Å². The lowest BCUT2D eigenvalue weighted by Gasteiger charge is -2.35. The van der Waals surface area contributed by atoms with E-state index in [1.165, 1.54) is 9.80 Å². The second kappa shape index (κ2) is 7.64. The van der Waals surface area contributed by atoms with E-state index in [4.69, 9.17) is 0 Å². The standard InChI is InChI=1S/C18H21F3N6O2/c19-18(20,21)12-25-7-5-24(6-8-25)11-13-1-4-27-14(9-13)15(10-22-27)26-3-2-16(28)23-17(26)29/h1,4,9-10H,2-3,5-8,11-12H2,(H,23,28,29). The maximum Gasteiger partial charge on any atom is 0.401 e. The molecule has 156 valence electrons. The van der Waals surface area contributed by atoms with Gasteiger partial charge in [0, 0.05) is 51.9 Å². The Morgan fingerprint density at radius 2 is 1.79 bits per heavy atom. The molecule has 0 saturated carbocycles. The third-order valence-corrected chi connectivity index (χ3v) is 5.18. The molecule has 0 spiro atoms. The van der Waals surface area contributed by atoms with Gasteiger partial charge in [0.05, 0.1) is 23.9 Å². The van der Waals surface area contributed by atoms with Crippen molar-refractivity contribution in [2.24, 2.45) is 0 Å². The van der Waals surface area contributed by atoms with Gasteiger partial charge in [-0.2, -0.15) is 18.3 Å². The maximum atomic E-state index is 12.5. The number of hydrogen-bond acceptors (Lipinski definition) is 5. The van der Waals surface area contributed by atoms with Crippen LogP contribution in [-0.4, -0.2) is 76.8 Å². The number of halogens is 3. The van der Waals surface area contributed by atoms with Gasteiger partial charge in [-0.15, -0.1) is 0 Å². The van der Waals surface area contributed by atoms with Crippen LogP contribution in [0.5, 0.6) is 0 Å². The van der Waals surface area contributed by atoms with Gasteiger partial charge in [-0.05, 0) is 17.7 Å². The van der Waals surface area contributed by atoms with Crippen molar-refractivity contribution < 1.29 is 22.8 Å². The van der Waals surface area contributed by atoms with Crippen LogP contribution in [0.3, 0.4) is 0 Å². The van der Waals surface area contributed by atoms with Crippen LogP contribution in [0, 0.1) is 0 Å². The highest BCUT2D eigenvalue weighted by atomic mass is 19.4. The van der Waals surface area contributed by atoms with E-state index in [0.717, 1.165) is 11.1 Å². The van der Waals surface area contributed by atoms with Gasteiger partial charge in [-0.1, -0.05) is 0 Å². The molecule has 1 N–H and O–H groups in total. The van der Waals surface area contributed by atoms with Crippen LogP contribution in [0.15, 0.2) is 24.5 Å². The number of pyridine rings is 1. The van der Waals surface area contributed by atoms with E-state index < -0.39 is 18.8 Å². The van der Waals surface area contributed by atoms with E-state index in [2.05, 4.69) is 15.3 Å². The second-order valence-corrected chi connectivity index (χ2v) is 7.32. The van der Waals surface area contributed by atoms with Crippen molar-refractivity contribution >= 4 is 23.1 Å². The first-order valence-electron chi connectivity index (χ1n) is 9.37. The summed E-state index contributed by atoms with van der Waals surface area (Å²) in [6.45, 7) is 1.90. The second-order valence-electron chi connectivity index (χ2n) is 7.32. The van der Waals surface area contributed by atoms with E-state index in [1.807, 2.05) is 12.1 Å². The zero-order chi connectivity index (χ0) is 20.6. The molecule has 29 heavy (non-hydrogen) atoms. The molecule has 2 fully saturated rings. The third-order valence-electron chi connectivity index (χ3n) is 5.18. The van der Waals surface area contributed by atoms with Crippen molar-refractivity contribution in [1.29, 1.82) is 0 Å². The number of nitrogens with one attached hydrogen (secondary N) is 1. The van der Waals surface area contributed by atoms with Crippen LogP contribution < -0.4 is 10.2 Å². The molecule has 0 unspecified atom stereocenters. The molecule has 2 aromatic heterocycles. The number of hydrogen-bond donors (Lipinski definition) is 1. The van der Waals surface area contributed by atoms with Gasteiger partial charge in [0.25, 0.3) is 0 Å². The molecule has 0 bridgehead atoms. The molecule has 2 aromatic rings. The first-order chi connectivity index (χ1) is 13.8. The summed E-state index contributed by atoms with van der Waals surface area (Å²) < 4.78 is 39.2. The Hall–Kier alpha value is -2.66. The van der Waals surface area contributed by atoms with Gasteiger partial charge in [0.1, 0.15) is 0 Å². The number of nitrogens with zero attached hydrogens (tertiary/aromatic N) is 5. The van der Waals surface area contributed by atoms with Crippen LogP contribution in [0.25, 0.3) is 5.52 Å². The molecular weight excluding hydrogens is 389 g/mol. The fourth-order valence-corrected chi connectivity index (χ4v) is 3.73. The van der Waals surface area contributed by atoms with Crippen molar-refractivity contribution in [2.75, 3.05) is 44.2 Å². The fraction of sp³-hybridized carbons (Fsp3) is 0.500. The number of imide groups is 1. The highest BCUT2D eigenvalue weighted by Crippen LogP contribution is 2.25. The summed E-state index contributed by atoms with van der Waals surface area (Å²) in [6, 6.07) is 3.36. The van der Waals surface area contributed by atoms with Crippen LogP contribution in [-0.2, 0) is 11.3 Å². The number of anilines is 1. The lowest BCUT2D eigenvalue weighted by Crippen LogP contribution is -2.49. The minimum Gasteiger partial charge on any atom is -0.297 e. The van der Waals surface area contributed by atoms with Crippen LogP contribution >= 0.6 is 0 Å². The number of alkyl halides is 3. The minimum atomic E-state index is -4.17. The van der Waals surface area contributed by atoms with Gasteiger partial charge >= 0.3 is 12.2 Å². The van der Waals surface area contributed by atoms with E-state index >= 15 is 0 Å². The lowest BCUT2D eigenvalue weighted by molar-refractivity contribution is -0.149. The molecule has 2 saturated heterocycles. The zero-order valence-corrected chi connectivity index (χ0v) is 15.7. The van der Waals surface area contributed by atoms with Crippen molar-refractivity contribution in [3.8, 4) is 0 Å². The largest absolute Gasteiger partial charge is 0.401 e. The summed E-state index contributed by atoms with van der Waals surface area (Å²) in [7, 11) is 0. The molecule has 0 aromatic carbocycles. The first kappa shape index (κ1) is 19.6. The maximum absolute atomic E-state index is 12.5. The molecule has 11 heteroatoms. The summed E-state index contributed by atoms with van der Waals surface area (Å²) in [4.78, 5) is 28.5. The SMILES string of the molecule is O=C1CCN(c2cnn3ccc(CN4CCN(CC(F)(F)F)CC4)cc23)C(=O)N1. The number of aromatic nitrogens is 2. The number of carbonyl (C=O) groups excluding carboxylic acids is 2. The minimum absolute atomic E-state index is 0.227. The molecule has 0 aliphatic carbocycles. The summed E-state index contributed by atoms with van der Waals surface area (Å²) in [5.41, 5.74) is 2.34. The molecular formula is C18H21F3N6O2. The monoisotopic (exact) mass is 410 g/mol. The predicted molar refractivity (Wildman–Crippen MR) is 98.5 cm³/mol. The average molecular weight is 410 g/mol. The van der Waals surface area contributed by atoms with E-state index in [-0.39, 0.29) is 18.9 Å². The van der Waals surface area contributed by atoms with Crippen molar-refractivity contribution in [1.82, 2.24) is 24.7 Å². The van der Waals surface area contributed by atoms with E-state index in [0.29, 0.717) is 38.4 Å². The predicted octanol–water partition coefficient (Wildman–Crippen LogP) is 1.46. The lowest BCUT2D eigenvalue weighted by atomic mass is 10.2. The number of rotatable bonds is 4. The summed E-state index contributed by atoms with van der Waals surface area (Å²) >= 11 is 0. The number of amides is 3. The third kappa shape index (κ3) is 4.51. The fourth-order valence-electron chi connectivity index (χ4n) is 3.73. The Balaban J connectivity index is 1.44. The zero-order valence-electron chi connectivity index (χ0n) is 15.7. The summed E-state index contributed by atoms with van der Waals surface area (Å²) in [5.74, 6) is -0.298. The number of piperazine rings is 1. The molecule has 4 rings (SSSR count). The highest BCUT2D eigenvalue weighted by molar-refractivity contribution is 6.07. The Morgan fingerprint density at radius 1 is 1.07 bits per heavy atom. The van der Waals surface area contributed by atoms with Crippen molar-refractivity contribution in [3.63, 3.8) is 0 Å². The Kier molecular flexibility index (Phi) is 5.17. The molecule has 4 heterocycles. The molecule has 0 atom stereocenters. The number of carbonyl (C=O) groups is 2. The Bertz CT molecular complexity index is 920. The number of fused-ring (bicyclic) bond motifs is 1. The topological polar surface area (TPSA) is 73.2 Å². The van der Waals surface area contributed by atoms with Crippen molar-refractivity contribution in [3.05, 3.63) is 30.1 Å². The molecule has 2 aliphatic rings. The Morgan fingerprint density at radius 3 is 2.48 bits per heavy atom. The highest BCUT2D eigenvalue weighted by Gasteiger charge is 2.32. The summed E-state index contributed by atoms with van der Waals surface area (Å²) in [5, 5.41) is 6.56. The molecule has 3 amide bonds. The normalized spacial score (nSPS) is 19.8. The Labute approximate surface area is 164 Å².